The number of imidazole rings is 2. The van der Waals surface area contributed by atoms with Crippen LogP contribution in [-0.4, -0.2) is 49.6 Å². The van der Waals surface area contributed by atoms with Crippen molar-refractivity contribution in [2.75, 3.05) is 6.54 Å². The van der Waals surface area contributed by atoms with E-state index in [9.17, 15) is 9.59 Å². The molecular weight excluding hydrogens is 276 g/mol. The van der Waals surface area contributed by atoms with Crippen LogP contribution in [0.3, 0.4) is 0 Å². The van der Waals surface area contributed by atoms with Gasteiger partial charge in [-0.1, -0.05) is 0 Å². The highest BCUT2D eigenvalue weighted by Crippen LogP contribution is 1.98. The SMILES string of the molecule is O=C(NCCc1ncc[nH]1)NC(Cc1cnc[nH]1)C(=O)O. The third-order valence-corrected chi connectivity index (χ3v) is 2.78. The number of carboxylic acid groups (broad SMARTS) is 1. The molecule has 112 valence electrons. The first-order chi connectivity index (χ1) is 10.1. The largest absolute Gasteiger partial charge is 0.480 e. The van der Waals surface area contributed by atoms with E-state index in [1.807, 2.05) is 0 Å². The number of carboxylic acids is 1. The van der Waals surface area contributed by atoms with Crippen LogP contribution in [0.4, 0.5) is 4.79 Å². The summed E-state index contributed by atoms with van der Waals surface area (Å²) in [6.45, 7) is 0.357. The number of aliphatic carboxylic acids is 1. The predicted octanol–water partition coefficient (Wildman–Crippen LogP) is -0.330. The first kappa shape index (κ1) is 14.6. The second-order valence-electron chi connectivity index (χ2n) is 4.36. The minimum atomic E-state index is -1.11. The average molecular weight is 292 g/mol. The Hall–Kier alpha value is -2.84. The number of urea groups is 1. The molecule has 0 bridgehead atoms. The number of rotatable bonds is 7. The van der Waals surface area contributed by atoms with Crippen LogP contribution >= 0.6 is 0 Å². The molecule has 1 atom stereocenters. The van der Waals surface area contributed by atoms with Gasteiger partial charge in [-0.15, -0.1) is 0 Å². The van der Waals surface area contributed by atoms with E-state index in [4.69, 9.17) is 5.11 Å². The molecule has 1 unspecified atom stereocenters. The highest BCUT2D eigenvalue weighted by molar-refractivity contribution is 5.82. The van der Waals surface area contributed by atoms with E-state index in [1.165, 1.54) is 12.5 Å². The monoisotopic (exact) mass is 292 g/mol. The predicted molar refractivity (Wildman–Crippen MR) is 72.5 cm³/mol. The molecule has 0 fully saturated rings. The zero-order chi connectivity index (χ0) is 15.1. The van der Waals surface area contributed by atoms with Crippen LogP contribution in [0.25, 0.3) is 0 Å². The number of aromatic nitrogens is 4. The zero-order valence-electron chi connectivity index (χ0n) is 11.2. The molecule has 0 radical (unpaired) electrons. The van der Waals surface area contributed by atoms with Crippen molar-refractivity contribution >= 4 is 12.0 Å². The van der Waals surface area contributed by atoms with Gasteiger partial charge in [-0.2, -0.15) is 0 Å². The third-order valence-electron chi connectivity index (χ3n) is 2.78. The van der Waals surface area contributed by atoms with Crippen LogP contribution in [0.15, 0.2) is 24.9 Å². The van der Waals surface area contributed by atoms with E-state index in [2.05, 4.69) is 30.6 Å². The maximum absolute atomic E-state index is 11.7. The lowest BCUT2D eigenvalue weighted by Gasteiger charge is -2.14. The Bertz CT molecular complexity index is 566. The topological polar surface area (TPSA) is 136 Å². The highest BCUT2D eigenvalue weighted by atomic mass is 16.4. The van der Waals surface area contributed by atoms with E-state index >= 15 is 0 Å². The molecule has 2 aromatic heterocycles. The van der Waals surface area contributed by atoms with Gasteiger partial charge in [0.25, 0.3) is 0 Å². The average Bonchev–Trinajstić information content (AvgIpc) is 3.10. The van der Waals surface area contributed by atoms with Crippen molar-refractivity contribution in [1.82, 2.24) is 30.6 Å². The van der Waals surface area contributed by atoms with Gasteiger partial charge in [-0.3, -0.25) is 0 Å². The van der Waals surface area contributed by atoms with Gasteiger partial charge in [0.05, 0.1) is 6.33 Å². The van der Waals surface area contributed by atoms with Gasteiger partial charge in [0.1, 0.15) is 11.9 Å². The number of aromatic amines is 2. The molecule has 0 aliphatic heterocycles. The normalized spacial score (nSPS) is 11.8. The van der Waals surface area contributed by atoms with Crippen LogP contribution in [0.1, 0.15) is 11.5 Å². The van der Waals surface area contributed by atoms with Gasteiger partial charge in [0, 0.05) is 43.7 Å². The summed E-state index contributed by atoms with van der Waals surface area (Å²) in [5.74, 6) is -0.353. The summed E-state index contributed by atoms with van der Waals surface area (Å²) in [5, 5.41) is 14.1. The summed E-state index contributed by atoms with van der Waals surface area (Å²) in [6.07, 6.45) is 6.98. The molecule has 0 saturated carbocycles. The summed E-state index contributed by atoms with van der Waals surface area (Å²) in [7, 11) is 0. The number of nitrogens with zero attached hydrogens (tertiary/aromatic N) is 2. The molecule has 0 saturated heterocycles. The molecule has 9 heteroatoms. The van der Waals surface area contributed by atoms with Crippen LogP contribution in [-0.2, 0) is 17.6 Å². The molecule has 2 aromatic rings. The molecule has 0 aliphatic carbocycles. The van der Waals surface area contributed by atoms with E-state index in [0.29, 0.717) is 18.7 Å². The zero-order valence-corrected chi connectivity index (χ0v) is 11.2. The van der Waals surface area contributed by atoms with E-state index in [-0.39, 0.29) is 6.42 Å². The van der Waals surface area contributed by atoms with Crippen LogP contribution in [0, 0.1) is 0 Å². The Morgan fingerprint density at radius 1 is 1.38 bits per heavy atom. The highest BCUT2D eigenvalue weighted by Gasteiger charge is 2.20. The number of hydrogen-bond acceptors (Lipinski definition) is 4. The minimum absolute atomic E-state index is 0.140. The molecule has 2 amide bonds. The third kappa shape index (κ3) is 4.64. The van der Waals surface area contributed by atoms with Gasteiger partial charge >= 0.3 is 12.0 Å². The van der Waals surface area contributed by atoms with Gasteiger partial charge in [-0.05, 0) is 0 Å². The molecular formula is C12H16N6O3. The summed E-state index contributed by atoms with van der Waals surface area (Å²) in [5.41, 5.74) is 0.637. The van der Waals surface area contributed by atoms with E-state index in [1.54, 1.807) is 12.4 Å². The van der Waals surface area contributed by atoms with Gasteiger partial charge in [-0.25, -0.2) is 19.6 Å². The van der Waals surface area contributed by atoms with Crippen LogP contribution in [0.5, 0.6) is 0 Å². The molecule has 2 rings (SSSR count). The maximum atomic E-state index is 11.7. The minimum Gasteiger partial charge on any atom is -0.480 e. The van der Waals surface area contributed by atoms with Crippen molar-refractivity contribution in [2.24, 2.45) is 0 Å². The number of hydrogen-bond donors (Lipinski definition) is 5. The fourth-order valence-electron chi connectivity index (χ4n) is 1.75. The van der Waals surface area contributed by atoms with E-state index < -0.39 is 18.0 Å². The second kappa shape index (κ2) is 7.08. The van der Waals surface area contributed by atoms with Gasteiger partial charge < -0.3 is 25.7 Å². The molecule has 0 aromatic carbocycles. The Morgan fingerprint density at radius 3 is 2.86 bits per heavy atom. The second-order valence-corrected chi connectivity index (χ2v) is 4.36. The van der Waals surface area contributed by atoms with Crippen molar-refractivity contribution < 1.29 is 14.7 Å². The van der Waals surface area contributed by atoms with Crippen molar-refractivity contribution in [2.45, 2.75) is 18.9 Å². The molecule has 9 nitrogen and oxygen atoms in total. The number of H-pyrrole nitrogens is 2. The smallest absolute Gasteiger partial charge is 0.326 e. The van der Waals surface area contributed by atoms with E-state index in [0.717, 1.165) is 5.82 Å². The van der Waals surface area contributed by atoms with Gasteiger partial charge in [0.2, 0.25) is 0 Å². The van der Waals surface area contributed by atoms with Crippen LogP contribution in [0.2, 0.25) is 0 Å². The Labute approximate surface area is 120 Å². The standard InChI is InChI=1S/C12H16N6O3/c19-11(20)9(5-8-6-13-7-17-8)18-12(21)16-2-1-10-14-3-4-15-10/h3-4,6-7,9H,1-2,5H2,(H,13,17)(H,14,15)(H,19,20)(H2,16,18,21). The number of carbonyl (C=O) groups is 2. The van der Waals surface area contributed by atoms with Crippen molar-refractivity contribution in [3.8, 4) is 0 Å². The van der Waals surface area contributed by atoms with Crippen molar-refractivity contribution in [1.29, 1.82) is 0 Å². The quantitative estimate of drug-likeness (QED) is 0.476. The van der Waals surface area contributed by atoms with Crippen LogP contribution < -0.4 is 10.6 Å². The molecule has 5 N–H and O–H groups in total. The molecule has 2 heterocycles. The first-order valence-electron chi connectivity index (χ1n) is 6.38. The molecule has 0 aliphatic rings. The summed E-state index contributed by atoms with van der Waals surface area (Å²) < 4.78 is 0. The van der Waals surface area contributed by atoms with Crippen molar-refractivity contribution in [3.63, 3.8) is 0 Å². The molecule has 21 heavy (non-hydrogen) atoms. The van der Waals surface area contributed by atoms with Gasteiger partial charge in [0.15, 0.2) is 0 Å². The fourth-order valence-corrected chi connectivity index (χ4v) is 1.75. The summed E-state index contributed by atoms with van der Waals surface area (Å²) in [4.78, 5) is 36.3. The lowest BCUT2D eigenvalue weighted by molar-refractivity contribution is -0.139. The fraction of sp³-hybridized carbons (Fsp3) is 0.333. The number of carbonyl (C=O) groups excluding carboxylic acids is 1. The summed E-state index contributed by atoms with van der Waals surface area (Å²) in [6, 6.07) is -1.55. The lowest BCUT2D eigenvalue weighted by Crippen LogP contribution is -2.47. The Morgan fingerprint density at radius 2 is 2.24 bits per heavy atom. The van der Waals surface area contributed by atoms with Crippen molar-refractivity contribution in [3.05, 3.63) is 36.4 Å². The summed E-state index contributed by atoms with van der Waals surface area (Å²) >= 11 is 0. The number of amides is 2. The lowest BCUT2D eigenvalue weighted by atomic mass is 10.2. The Kier molecular flexibility index (Phi) is 4.91. The first-order valence-corrected chi connectivity index (χ1v) is 6.38. The number of nitrogens with one attached hydrogen (secondary N) is 4. The molecule has 0 spiro atoms. The Balaban J connectivity index is 1.76. The maximum Gasteiger partial charge on any atom is 0.326 e.